The summed E-state index contributed by atoms with van der Waals surface area (Å²) in [6.07, 6.45) is 1.30. The van der Waals surface area contributed by atoms with Crippen molar-refractivity contribution in [2.75, 3.05) is 26.2 Å². The van der Waals surface area contributed by atoms with Gasteiger partial charge in [-0.15, -0.1) is 0 Å². The molecule has 6 nitrogen and oxygen atoms in total. The van der Waals surface area contributed by atoms with E-state index in [4.69, 9.17) is 27.9 Å². The lowest BCUT2D eigenvalue weighted by molar-refractivity contribution is -0.126. The van der Waals surface area contributed by atoms with Gasteiger partial charge in [-0.1, -0.05) is 59.6 Å². The molecular formula is C22H26Cl2N2O4S. The molecule has 168 valence electrons. The Morgan fingerprint density at radius 3 is 2.61 bits per heavy atom. The molecule has 9 heteroatoms. The van der Waals surface area contributed by atoms with Crippen LogP contribution in [-0.2, 0) is 31.9 Å². The number of rotatable bonds is 9. The first-order valence-corrected chi connectivity index (χ1v) is 12.5. The van der Waals surface area contributed by atoms with Crippen LogP contribution in [0, 0.1) is 5.92 Å². The maximum absolute atomic E-state index is 12.9. The van der Waals surface area contributed by atoms with Crippen molar-refractivity contribution in [3.63, 3.8) is 0 Å². The van der Waals surface area contributed by atoms with Crippen molar-refractivity contribution in [2.24, 2.45) is 5.92 Å². The van der Waals surface area contributed by atoms with Gasteiger partial charge in [-0.05, 0) is 36.1 Å². The number of carbonyl (C=O) groups excluding carboxylic acids is 1. The number of ether oxygens (including phenoxy) is 1. The van der Waals surface area contributed by atoms with Crippen LogP contribution >= 0.6 is 23.2 Å². The van der Waals surface area contributed by atoms with E-state index in [0.29, 0.717) is 54.8 Å². The number of halogens is 2. The third-order valence-corrected chi connectivity index (χ3v) is 7.69. The summed E-state index contributed by atoms with van der Waals surface area (Å²) in [5.74, 6) is -0.685. The molecule has 1 atom stereocenters. The summed E-state index contributed by atoms with van der Waals surface area (Å²) in [5, 5.41) is 3.56. The largest absolute Gasteiger partial charge is 0.375 e. The molecule has 0 aliphatic carbocycles. The Morgan fingerprint density at radius 1 is 1.10 bits per heavy atom. The Kier molecular flexibility index (Phi) is 8.75. The van der Waals surface area contributed by atoms with E-state index in [1.54, 1.807) is 18.2 Å². The van der Waals surface area contributed by atoms with E-state index >= 15 is 0 Å². The summed E-state index contributed by atoms with van der Waals surface area (Å²) < 4.78 is 32.7. The summed E-state index contributed by atoms with van der Waals surface area (Å²) in [6, 6.07) is 14.6. The molecule has 31 heavy (non-hydrogen) atoms. The molecule has 3 rings (SSSR count). The Labute approximate surface area is 193 Å². The molecule has 1 fully saturated rings. The van der Waals surface area contributed by atoms with E-state index in [1.807, 2.05) is 30.3 Å². The molecule has 1 amide bonds. The molecule has 0 unspecified atom stereocenters. The maximum Gasteiger partial charge on any atom is 0.224 e. The first-order chi connectivity index (χ1) is 14.8. The van der Waals surface area contributed by atoms with Gasteiger partial charge in [-0.3, -0.25) is 4.79 Å². The minimum absolute atomic E-state index is 0.141. The van der Waals surface area contributed by atoms with Gasteiger partial charge < -0.3 is 10.1 Å². The topological polar surface area (TPSA) is 75.7 Å². The molecule has 1 aliphatic rings. The van der Waals surface area contributed by atoms with Gasteiger partial charge in [0.25, 0.3) is 0 Å². The molecule has 1 heterocycles. The second kappa shape index (κ2) is 11.3. The van der Waals surface area contributed by atoms with Crippen LogP contribution in [0.25, 0.3) is 0 Å². The van der Waals surface area contributed by atoms with Crippen LogP contribution in [0.1, 0.15) is 24.0 Å². The minimum atomic E-state index is -3.57. The average molecular weight is 485 g/mol. The number of benzene rings is 2. The number of carbonyl (C=O) groups is 1. The number of nitrogens with zero attached hydrogens (tertiary/aromatic N) is 1. The number of nitrogens with one attached hydrogen (secondary N) is 1. The zero-order chi connectivity index (χ0) is 22.3. The van der Waals surface area contributed by atoms with Crippen LogP contribution < -0.4 is 5.32 Å². The number of hydrogen-bond acceptors (Lipinski definition) is 4. The fraction of sp³-hybridized carbons (Fsp3) is 0.409. The summed E-state index contributed by atoms with van der Waals surface area (Å²) >= 11 is 11.9. The number of amides is 1. The lowest BCUT2D eigenvalue weighted by atomic mass is 9.99. The monoisotopic (exact) mass is 484 g/mol. The minimum Gasteiger partial charge on any atom is -0.375 e. The van der Waals surface area contributed by atoms with E-state index in [9.17, 15) is 13.2 Å². The third kappa shape index (κ3) is 7.19. The fourth-order valence-electron chi connectivity index (χ4n) is 3.50. The highest BCUT2D eigenvalue weighted by Gasteiger charge is 2.32. The molecule has 0 bridgehead atoms. The van der Waals surface area contributed by atoms with Crippen LogP contribution in [-0.4, -0.2) is 44.9 Å². The van der Waals surface area contributed by atoms with E-state index in [2.05, 4.69) is 5.32 Å². The highest BCUT2D eigenvalue weighted by molar-refractivity contribution is 7.88. The van der Waals surface area contributed by atoms with Crippen molar-refractivity contribution in [3.8, 4) is 0 Å². The lowest BCUT2D eigenvalue weighted by Gasteiger charge is -2.31. The zero-order valence-corrected chi connectivity index (χ0v) is 19.4. The standard InChI is InChI=1S/C22H26Cl2N2O4S/c23-20-9-8-18(13-21(20)24)16-31(28,29)26-11-4-7-19(14-26)22(27)25-10-12-30-15-17-5-2-1-3-6-17/h1-3,5-6,8-9,13,19H,4,7,10-12,14-16H2,(H,25,27)/t19-/m0/s1. The number of piperidine rings is 1. The van der Waals surface area contributed by atoms with Gasteiger partial charge in [0, 0.05) is 19.6 Å². The Morgan fingerprint density at radius 2 is 1.87 bits per heavy atom. The van der Waals surface area contributed by atoms with Gasteiger partial charge in [0.15, 0.2) is 0 Å². The third-order valence-electron chi connectivity index (χ3n) is 5.14. The highest BCUT2D eigenvalue weighted by atomic mass is 35.5. The van der Waals surface area contributed by atoms with Crippen LogP contribution in [0.4, 0.5) is 0 Å². The average Bonchev–Trinajstić information content (AvgIpc) is 2.76. The second-order valence-electron chi connectivity index (χ2n) is 7.53. The van der Waals surface area contributed by atoms with Crippen molar-refractivity contribution in [1.82, 2.24) is 9.62 Å². The molecular weight excluding hydrogens is 459 g/mol. The van der Waals surface area contributed by atoms with Crippen LogP contribution in [0.2, 0.25) is 10.0 Å². The van der Waals surface area contributed by atoms with Gasteiger partial charge in [0.1, 0.15) is 0 Å². The number of hydrogen-bond donors (Lipinski definition) is 1. The normalized spacial score (nSPS) is 17.4. The lowest BCUT2D eigenvalue weighted by Crippen LogP contribution is -2.46. The number of sulfonamides is 1. The van der Waals surface area contributed by atoms with Crippen molar-refractivity contribution in [3.05, 3.63) is 69.7 Å². The van der Waals surface area contributed by atoms with Gasteiger partial charge in [-0.25, -0.2) is 12.7 Å². The van der Waals surface area contributed by atoms with Crippen molar-refractivity contribution >= 4 is 39.1 Å². The molecule has 1 saturated heterocycles. The van der Waals surface area contributed by atoms with Gasteiger partial charge in [0.2, 0.25) is 15.9 Å². The van der Waals surface area contributed by atoms with Gasteiger partial charge >= 0.3 is 0 Å². The SMILES string of the molecule is O=C(NCCOCc1ccccc1)[C@H]1CCCN(S(=O)(=O)Cc2ccc(Cl)c(Cl)c2)C1. The summed E-state index contributed by atoms with van der Waals surface area (Å²) in [7, 11) is -3.57. The molecule has 0 saturated carbocycles. The summed E-state index contributed by atoms with van der Waals surface area (Å²) in [4.78, 5) is 12.5. The fourth-order valence-corrected chi connectivity index (χ4v) is 5.41. The predicted octanol–water partition coefficient (Wildman–Crippen LogP) is 3.87. The van der Waals surface area contributed by atoms with Crippen molar-refractivity contribution in [2.45, 2.75) is 25.2 Å². The molecule has 0 aromatic heterocycles. The highest BCUT2D eigenvalue weighted by Crippen LogP contribution is 2.26. The van der Waals surface area contributed by atoms with E-state index in [1.165, 1.54) is 4.31 Å². The van der Waals surface area contributed by atoms with Crippen molar-refractivity contribution in [1.29, 1.82) is 0 Å². The van der Waals surface area contributed by atoms with E-state index in [0.717, 1.165) is 5.56 Å². The Bertz CT molecular complexity index is 986. The Hall–Kier alpha value is -1.64. The Balaban J connectivity index is 1.46. The summed E-state index contributed by atoms with van der Waals surface area (Å²) in [5.41, 5.74) is 1.64. The van der Waals surface area contributed by atoms with Crippen LogP contribution in [0.15, 0.2) is 48.5 Å². The smallest absolute Gasteiger partial charge is 0.224 e. The molecule has 0 radical (unpaired) electrons. The summed E-state index contributed by atoms with van der Waals surface area (Å²) in [6.45, 7) is 1.86. The van der Waals surface area contributed by atoms with Crippen LogP contribution in [0.3, 0.4) is 0 Å². The van der Waals surface area contributed by atoms with Crippen LogP contribution in [0.5, 0.6) is 0 Å². The molecule has 1 N–H and O–H groups in total. The first-order valence-electron chi connectivity index (χ1n) is 10.2. The van der Waals surface area contributed by atoms with E-state index in [-0.39, 0.29) is 24.1 Å². The van der Waals surface area contributed by atoms with Crippen molar-refractivity contribution < 1.29 is 17.9 Å². The zero-order valence-electron chi connectivity index (χ0n) is 17.1. The molecule has 0 spiro atoms. The quantitative estimate of drug-likeness (QED) is 0.548. The van der Waals surface area contributed by atoms with Gasteiger partial charge in [0.05, 0.1) is 34.9 Å². The molecule has 2 aromatic rings. The molecule has 2 aromatic carbocycles. The first kappa shape index (κ1) is 24.0. The maximum atomic E-state index is 12.9. The second-order valence-corrected chi connectivity index (χ2v) is 10.3. The molecule has 1 aliphatic heterocycles. The van der Waals surface area contributed by atoms with E-state index < -0.39 is 10.0 Å². The predicted molar refractivity (Wildman–Crippen MR) is 122 cm³/mol. The van der Waals surface area contributed by atoms with Gasteiger partial charge in [-0.2, -0.15) is 0 Å².